The standard InChI is InChI=1S/C9H11NO2/c1-2-3-4-7-10-8(11)5-6-9(10)12/h4-7H2,1H3. The van der Waals surface area contributed by atoms with Crippen molar-refractivity contribution in [3.8, 4) is 11.8 Å². The molecular weight excluding hydrogens is 154 g/mol. The first-order chi connectivity index (χ1) is 5.75. The van der Waals surface area contributed by atoms with Crippen molar-refractivity contribution in [1.82, 2.24) is 4.90 Å². The molecule has 0 N–H and O–H groups in total. The summed E-state index contributed by atoms with van der Waals surface area (Å²) in [6.07, 6.45) is 1.34. The fraction of sp³-hybridized carbons (Fsp3) is 0.556. The Morgan fingerprint density at radius 2 is 1.92 bits per heavy atom. The third-order valence-corrected chi connectivity index (χ3v) is 1.79. The van der Waals surface area contributed by atoms with Gasteiger partial charge in [-0.25, -0.2) is 0 Å². The third-order valence-electron chi connectivity index (χ3n) is 1.79. The average molecular weight is 165 g/mol. The van der Waals surface area contributed by atoms with E-state index in [2.05, 4.69) is 11.8 Å². The molecule has 1 aliphatic rings. The van der Waals surface area contributed by atoms with Crippen LogP contribution >= 0.6 is 0 Å². The summed E-state index contributed by atoms with van der Waals surface area (Å²) < 4.78 is 0. The lowest BCUT2D eigenvalue weighted by Crippen LogP contribution is -2.29. The fourth-order valence-electron chi connectivity index (χ4n) is 1.16. The van der Waals surface area contributed by atoms with Gasteiger partial charge < -0.3 is 0 Å². The highest BCUT2D eigenvalue weighted by atomic mass is 16.2. The van der Waals surface area contributed by atoms with E-state index in [9.17, 15) is 9.59 Å². The fourth-order valence-corrected chi connectivity index (χ4v) is 1.16. The predicted molar refractivity (Wildman–Crippen MR) is 44.0 cm³/mol. The Balaban J connectivity index is 2.43. The second-order valence-electron chi connectivity index (χ2n) is 2.62. The number of nitrogens with zero attached hydrogens (tertiary/aromatic N) is 1. The molecule has 0 saturated carbocycles. The smallest absolute Gasteiger partial charge is 0.229 e. The van der Waals surface area contributed by atoms with Crippen molar-refractivity contribution in [3.05, 3.63) is 0 Å². The number of amides is 2. The summed E-state index contributed by atoms with van der Waals surface area (Å²) in [7, 11) is 0. The zero-order chi connectivity index (χ0) is 8.97. The maximum absolute atomic E-state index is 11.0. The van der Waals surface area contributed by atoms with Gasteiger partial charge >= 0.3 is 0 Å². The van der Waals surface area contributed by atoms with Crippen molar-refractivity contribution >= 4 is 11.8 Å². The first-order valence-electron chi connectivity index (χ1n) is 3.98. The van der Waals surface area contributed by atoms with Crippen LogP contribution < -0.4 is 0 Å². The second-order valence-corrected chi connectivity index (χ2v) is 2.62. The molecule has 3 nitrogen and oxygen atoms in total. The van der Waals surface area contributed by atoms with E-state index in [4.69, 9.17) is 0 Å². The molecule has 0 aromatic rings. The minimum atomic E-state index is -0.0575. The normalized spacial score (nSPS) is 16.2. The molecule has 1 saturated heterocycles. The highest BCUT2D eigenvalue weighted by Crippen LogP contribution is 2.11. The van der Waals surface area contributed by atoms with E-state index in [1.807, 2.05) is 0 Å². The van der Waals surface area contributed by atoms with Crippen molar-refractivity contribution in [1.29, 1.82) is 0 Å². The Morgan fingerprint density at radius 3 is 2.42 bits per heavy atom. The Labute approximate surface area is 71.7 Å². The Kier molecular flexibility index (Phi) is 2.87. The molecule has 64 valence electrons. The largest absolute Gasteiger partial charge is 0.282 e. The number of hydrogen-bond donors (Lipinski definition) is 0. The molecule has 0 bridgehead atoms. The van der Waals surface area contributed by atoms with Crippen molar-refractivity contribution in [2.24, 2.45) is 0 Å². The van der Waals surface area contributed by atoms with Crippen LogP contribution in [0, 0.1) is 11.8 Å². The highest BCUT2D eigenvalue weighted by Gasteiger charge is 2.27. The summed E-state index contributed by atoms with van der Waals surface area (Å²) >= 11 is 0. The minimum Gasteiger partial charge on any atom is -0.282 e. The van der Waals surface area contributed by atoms with Gasteiger partial charge in [-0.3, -0.25) is 14.5 Å². The lowest BCUT2D eigenvalue weighted by Gasteiger charge is -2.10. The molecule has 0 radical (unpaired) electrons. The number of rotatable bonds is 2. The van der Waals surface area contributed by atoms with Crippen LogP contribution in [0.1, 0.15) is 26.2 Å². The molecule has 0 atom stereocenters. The Bertz CT molecular complexity index is 243. The van der Waals surface area contributed by atoms with Crippen LogP contribution in [0.3, 0.4) is 0 Å². The first-order valence-corrected chi connectivity index (χ1v) is 3.98. The zero-order valence-electron chi connectivity index (χ0n) is 7.09. The molecule has 1 heterocycles. The van der Waals surface area contributed by atoms with Crippen molar-refractivity contribution in [2.75, 3.05) is 6.54 Å². The average Bonchev–Trinajstić information content (AvgIpc) is 2.35. The third kappa shape index (κ3) is 1.85. The number of hydrogen-bond acceptors (Lipinski definition) is 2. The van der Waals surface area contributed by atoms with Crippen molar-refractivity contribution in [2.45, 2.75) is 26.2 Å². The maximum Gasteiger partial charge on any atom is 0.229 e. The molecule has 0 aromatic heterocycles. The SMILES string of the molecule is CC#CCCN1C(=O)CCC1=O. The molecule has 1 aliphatic heterocycles. The second kappa shape index (κ2) is 3.91. The van der Waals surface area contributed by atoms with Crippen LogP contribution in [0.4, 0.5) is 0 Å². The molecule has 0 aliphatic carbocycles. The molecule has 0 spiro atoms. The van der Waals surface area contributed by atoms with Crippen LogP contribution in [0.5, 0.6) is 0 Å². The topological polar surface area (TPSA) is 37.4 Å². The molecular formula is C9H11NO2. The van der Waals surface area contributed by atoms with E-state index in [-0.39, 0.29) is 11.8 Å². The van der Waals surface area contributed by atoms with Gasteiger partial charge in [-0.2, -0.15) is 0 Å². The Hall–Kier alpha value is -1.30. The predicted octanol–water partition coefficient (Wildman–Crippen LogP) is 0.549. The highest BCUT2D eigenvalue weighted by molar-refractivity contribution is 6.01. The molecule has 0 unspecified atom stereocenters. The van der Waals surface area contributed by atoms with Crippen molar-refractivity contribution < 1.29 is 9.59 Å². The van der Waals surface area contributed by atoms with Crippen LogP contribution in [0.25, 0.3) is 0 Å². The maximum atomic E-state index is 11.0. The monoisotopic (exact) mass is 165 g/mol. The molecule has 1 rings (SSSR count). The summed E-state index contributed by atoms with van der Waals surface area (Å²) in [5, 5.41) is 0. The van der Waals surface area contributed by atoms with Crippen LogP contribution in [-0.2, 0) is 9.59 Å². The summed E-state index contributed by atoms with van der Waals surface area (Å²) in [5.74, 6) is 5.43. The van der Waals surface area contributed by atoms with Gasteiger partial charge in [0.1, 0.15) is 0 Å². The van der Waals surface area contributed by atoms with Gasteiger partial charge in [0, 0.05) is 25.8 Å². The van der Waals surface area contributed by atoms with Crippen LogP contribution in [-0.4, -0.2) is 23.3 Å². The minimum absolute atomic E-state index is 0.0575. The lowest BCUT2D eigenvalue weighted by molar-refractivity contribution is -0.138. The summed E-state index contributed by atoms with van der Waals surface area (Å²) in [5.41, 5.74) is 0. The van der Waals surface area contributed by atoms with Gasteiger partial charge in [0.25, 0.3) is 0 Å². The van der Waals surface area contributed by atoms with Crippen LogP contribution in [0.2, 0.25) is 0 Å². The van der Waals surface area contributed by atoms with Gasteiger partial charge in [0.2, 0.25) is 11.8 Å². The van der Waals surface area contributed by atoms with Crippen molar-refractivity contribution in [3.63, 3.8) is 0 Å². The molecule has 12 heavy (non-hydrogen) atoms. The van der Waals surface area contributed by atoms with E-state index in [1.165, 1.54) is 4.90 Å². The molecule has 2 amide bonds. The van der Waals surface area contributed by atoms with Gasteiger partial charge in [-0.15, -0.1) is 11.8 Å². The number of carbonyl (C=O) groups is 2. The van der Waals surface area contributed by atoms with Gasteiger partial charge in [-0.05, 0) is 6.92 Å². The van der Waals surface area contributed by atoms with E-state index >= 15 is 0 Å². The van der Waals surface area contributed by atoms with Gasteiger partial charge in [0.15, 0.2) is 0 Å². The lowest BCUT2D eigenvalue weighted by atomic mass is 10.4. The molecule has 1 fully saturated rings. The number of likely N-dealkylation sites (tertiary alicyclic amines) is 1. The molecule has 3 heteroatoms. The van der Waals surface area contributed by atoms with E-state index in [0.29, 0.717) is 25.8 Å². The summed E-state index contributed by atoms with van der Waals surface area (Å²) in [6.45, 7) is 2.20. The van der Waals surface area contributed by atoms with Crippen LogP contribution in [0.15, 0.2) is 0 Å². The van der Waals surface area contributed by atoms with E-state index in [1.54, 1.807) is 6.92 Å². The number of carbonyl (C=O) groups excluding carboxylic acids is 2. The Morgan fingerprint density at radius 1 is 1.33 bits per heavy atom. The quantitative estimate of drug-likeness (QED) is 0.442. The number of imide groups is 1. The molecule has 0 aromatic carbocycles. The van der Waals surface area contributed by atoms with E-state index < -0.39 is 0 Å². The van der Waals surface area contributed by atoms with Gasteiger partial charge in [-0.1, -0.05) is 0 Å². The summed E-state index contributed by atoms with van der Waals surface area (Å²) in [4.78, 5) is 23.4. The zero-order valence-corrected chi connectivity index (χ0v) is 7.09. The summed E-state index contributed by atoms with van der Waals surface area (Å²) in [6, 6.07) is 0. The van der Waals surface area contributed by atoms with E-state index in [0.717, 1.165) is 0 Å². The van der Waals surface area contributed by atoms with Gasteiger partial charge in [0.05, 0.1) is 0 Å². The first kappa shape index (κ1) is 8.79.